The van der Waals surface area contributed by atoms with E-state index in [2.05, 4.69) is 72.9 Å². The lowest BCUT2D eigenvalue weighted by atomic mass is 9.87. The number of hydrogen-bond acceptors (Lipinski definition) is 1. The summed E-state index contributed by atoms with van der Waals surface area (Å²) in [5, 5.41) is 0. The van der Waals surface area contributed by atoms with Gasteiger partial charge in [-0.05, 0) is 47.4 Å². The Labute approximate surface area is 141 Å². The summed E-state index contributed by atoms with van der Waals surface area (Å²) < 4.78 is 14.2. The molecule has 2 aromatic rings. The highest BCUT2D eigenvalue weighted by Gasteiger charge is 2.13. The molecule has 0 saturated carbocycles. The SMILES string of the molecule is CN(Cc1ccc(C(C)(C)C)cc1)Cc1cc(F)cc(Br)c1. The topological polar surface area (TPSA) is 3.24 Å². The van der Waals surface area contributed by atoms with E-state index in [1.165, 1.54) is 17.2 Å². The standard InChI is InChI=1S/C19H23BrFN/c1-19(2,3)16-7-5-14(6-8-16)12-22(4)13-15-9-17(20)11-18(21)10-15/h5-11H,12-13H2,1-4H3. The van der Waals surface area contributed by atoms with Gasteiger partial charge in [0.1, 0.15) is 5.82 Å². The molecule has 0 aliphatic heterocycles. The summed E-state index contributed by atoms with van der Waals surface area (Å²) in [6.45, 7) is 8.22. The Bertz CT molecular complexity index is 609. The van der Waals surface area contributed by atoms with Crippen LogP contribution in [0, 0.1) is 5.82 Å². The van der Waals surface area contributed by atoms with Crippen LogP contribution in [0.5, 0.6) is 0 Å². The van der Waals surface area contributed by atoms with E-state index < -0.39 is 0 Å². The number of benzene rings is 2. The molecule has 0 heterocycles. The predicted octanol–water partition coefficient (Wildman–Crippen LogP) is 5.52. The van der Waals surface area contributed by atoms with Gasteiger partial charge in [-0.2, -0.15) is 0 Å². The fourth-order valence-corrected chi connectivity index (χ4v) is 3.00. The van der Waals surface area contributed by atoms with Gasteiger partial charge in [-0.25, -0.2) is 4.39 Å². The second-order valence-electron chi connectivity index (χ2n) is 6.90. The predicted molar refractivity (Wildman–Crippen MR) is 94.4 cm³/mol. The maximum Gasteiger partial charge on any atom is 0.124 e. The average Bonchev–Trinajstić information content (AvgIpc) is 2.36. The number of hydrogen-bond donors (Lipinski definition) is 0. The van der Waals surface area contributed by atoms with Crippen molar-refractivity contribution in [1.29, 1.82) is 0 Å². The fraction of sp³-hybridized carbons (Fsp3) is 0.368. The molecule has 0 saturated heterocycles. The van der Waals surface area contributed by atoms with E-state index in [9.17, 15) is 4.39 Å². The van der Waals surface area contributed by atoms with Crippen molar-refractivity contribution in [3.8, 4) is 0 Å². The highest BCUT2D eigenvalue weighted by Crippen LogP contribution is 2.23. The lowest BCUT2D eigenvalue weighted by Crippen LogP contribution is -2.17. The van der Waals surface area contributed by atoms with Gasteiger partial charge in [0.05, 0.1) is 0 Å². The third-order valence-corrected chi connectivity index (χ3v) is 4.11. The van der Waals surface area contributed by atoms with E-state index in [0.29, 0.717) is 0 Å². The summed E-state index contributed by atoms with van der Waals surface area (Å²) in [5.41, 5.74) is 3.76. The number of nitrogens with zero attached hydrogens (tertiary/aromatic N) is 1. The molecular weight excluding hydrogens is 341 g/mol. The van der Waals surface area contributed by atoms with Gasteiger partial charge in [0.2, 0.25) is 0 Å². The van der Waals surface area contributed by atoms with E-state index >= 15 is 0 Å². The molecule has 0 atom stereocenters. The van der Waals surface area contributed by atoms with Crippen molar-refractivity contribution in [2.45, 2.75) is 39.3 Å². The normalized spacial score (nSPS) is 12.0. The van der Waals surface area contributed by atoms with Crippen LogP contribution in [0.2, 0.25) is 0 Å². The van der Waals surface area contributed by atoms with Crippen molar-refractivity contribution in [3.05, 3.63) is 69.4 Å². The van der Waals surface area contributed by atoms with Crippen molar-refractivity contribution < 1.29 is 4.39 Å². The van der Waals surface area contributed by atoms with Gasteiger partial charge >= 0.3 is 0 Å². The van der Waals surface area contributed by atoms with Crippen LogP contribution in [0.15, 0.2) is 46.9 Å². The van der Waals surface area contributed by atoms with Gasteiger partial charge in [-0.3, -0.25) is 4.90 Å². The quantitative estimate of drug-likeness (QED) is 0.691. The van der Waals surface area contributed by atoms with E-state index in [-0.39, 0.29) is 11.2 Å². The minimum Gasteiger partial charge on any atom is -0.298 e. The van der Waals surface area contributed by atoms with Gasteiger partial charge in [0.15, 0.2) is 0 Å². The lowest BCUT2D eigenvalue weighted by Gasteiger charge is -2.21. The fourth-order valence-electron chi connectivity index (χ4n) is 2.49. The Kier molecular flexibility index (Phi) is 5.41. The molecule has 118 valence electrons. The Morgan fingerprint density at radius 2 is 1.55 bits per heavy atom. The van der Waals surface area contributed by atoms with E-state index in [4.69, 9.17) is 0 Å². The largest absolute Gasteiger partial charge is 0.298 e. The molecule has 0 aromatic heterocycles. The first kappa shape index (κ1) is 17.2. The molecule has 0 N–H and O–H groups in total. The van der Waals surface area contributed by atoms with Crippen molar-refractivity contribution >= 4 is 15.9 Å². The summed E-state index contributed by atoms with van der Waals surface area (Å²) in [6, 6.07) is 13.8. The molecule has 0 aliphatic carbocycles. The molecule has 0 spiro atoms. The third-order valence-electron chi connectivity index (χ3n) is 3.65. The second-order valence-corrected chi connectivity index (χ2v) is 7.81. The average molecular weight is 364 g/mol. The van der Waals surface area contributed by atoms with Crippen LogP contribution in [-0.2, 0) is 18.5 Å². The van der Waals surface area contributed by atoms with Gasteiger partial charge in [0, 0.05) is 17.6 Å². The van der Waals surface area contributed by atoms with Crippen molar-refractivity contribution in [2.75, 3.05) is 7.05 Å². The highest BCUT2D eigenvalue weighted by molar-refractivity contribution is 9.10. The van der Waals surface area contributed by atoms with Gasteiger partial charge in [-0.1, -0.05) is 61.0 Å². The summed E-state index contributed by atoms with van der Waals surface area (Å²) >= 11 is 3.34. The summed E-state index contributed by atoms with van der Waals surface area (Å²) in [5.74, 6) is -0.202. The van der Waals surface area contributed by atoms with Crippen LogP contribution in [-0.4, -0.2) is 11.9 Å². The first-order chi connectivity index (χ1) is 10.2. The number of rotatable bonds is 4. The molecule has 1 nitrogen and oxygen atoms in total. The second kappa shape index (κ2) is 6.93. The Hall–Kier alpha value is -1.19. The van der Waals surface area contributed by atoms with Crippen LogP contribution in [0.4, 0.5) is 4.39 Å². The molecule has 0 aliphatic rings. The van der Waals surface area contributed by atoms with Gasteiger partial charge < -0.3 is 0 Å². The van der Waals surface area contributed by atoms with Crippen LogP contribution < -0.4 is 0 Å². The molecule has 0 fully saturated rings. The molecule has 0 bridgehead atoms. The van der Waals surface area contributed by atoms with Gasteiger partial charge in [-0.15, -0.1) is 0 Å². The summed E-state index contributed by atoms with van der Waals surface area (Å²) in [7, 11) is 2.05. The molecule has 2 rings (SSSR count). The van der Waals surface area contributed by atoms with Gasteiger partial charge in [0.25, 0.3) is 0 Å². The van der Waals surface area contributed by atoms with Crippen molar-refractivity contribution in [3.63, 3.8) is 0 Å². The monoisotopic (exact) mass is 363 g/mol. The first-order valence-corrected chi connectivity index (χ1v) is 8.26. The smallest absolute Gasteiger partial charge is 0.124 e. The first-order valence-electron chi connectivity index (χ1n) is 7.47. The molecular formula is C19H23BrFN. The zero-order valence-corrected chi connectivity index (χ0v) is 15.2. The molecule has 0 unspecified atom stereocenters. The van der Waals surface area contributed by atoms with Crippen LogP contribution in [0.1, 0.15) is 37.5 Å². The van der Waals surface area contributed by atoms with Crippen molar-refractivity contribution in [1.82, 2.24) is 4.90 Å². The Morgan fingerprint density at radius 3 is 2.09 bits per heavy atom. The lowest BCUT2D eigenvalue weighted by molar-refractivity contribution is 0.318. The van der Waals surface area contributed by atoms with E-state index in [0.717, 1.165) is 23.1 Å². The minimum absolute atomic E-state index is 0.179. The Balaban J connectivity index is 2.01. The van der Waals surface area contributed by atoms with Crippen LogP contribution in [0.3, 0.4) is 0 Å². The van der Waals surface area contributed by atoms with E-state index in [1.807, 2.05) is 6.07 Å². The third kappa shape index (κ3) is 4.92. The minimum atomic E-state index is -0.202. The zero-order valence-electron chi connectivity index (χ0n) is 13.7. The molecule has 2 aromatic carbocycles. The summed E-state index contributed by atoms with van der Waals surface area (Å²) in [6.07, 6.45) is 0. The highest BCUT2D eigenvalue weighted by atomic mass is 79.9. The molecule has 0 radical (unpaired) electrons. The van der Waals surface area contributed by atoms with Crippen molar-refractivity contribution in [2.24, 2.45) is 0 Å². The van der Waals surface area contributed by atoms with E-state index in [1.54, 1.807) is 6.07 Å². The maximum atomic E-state index is 13.4. The molecule has 22 heavy (non-hydrogen) atoms. The molecule has 0 amide bonds. The number of halogens is 2. The van der Waals surface area contributed by atoms with Crippen LogP contribution in [0.25, 0.3) is 0 Å². The molecule has 3 heteroatoms. The summed E-state index contributed by atoms with van der Waals surface area (Å²) in [4.78, 5) is 2.19. The van der Waals surface area contributed by atoms with Crippen LogP contribution >= 0.6 is 15.9 Å². The zero-order chi connectivity index (χ0) is 16.3. The Morgan fingerprint density at radius 1 is 0.955 bits per heavy atom. The maximum absolute atomic E-state index is 13.4.